The zero-order valence-corrected chi connectivity index (χ0v) is 19.7. The smallest absolute Gasteiger partial charge is 0.350 e. The van der Waals surface area contributed by atoms with E-state index in [1.54, 1.807) is 18.3 Å². The van der Waals surface area contributed by atoms with Gasteiger partial charge in [0.05, 0.1) is 29.0 Å². The Hall–Kier alpha value is -2.00. The molecule has 0 amide bonds. The molecule has 9 heteroatoms. The highest BCUT2D eigenvalue weighted by Crippen LogP contribution is 2.24. The molecular weight excluding hydrogens is 406 g/mol. The van der Waals surface area contributed by atoms with Gasteiger partial charge in [0.1, 0.15) is 9.88 Å². The number of aryl methyl sites for hydroxylation is 1. The van der Waals surface area contributed by atoms with Gasteiger partial charge in [-0.3, -0.25) is 4.99 Å². The minimum absolute atomic E-state index is 0.0773. The highest BCUT2D eigenvalue weighted by Gasteiger charge is 2.20. The largest absolute Gasteiger partial charge is 0.462 e. The zero-order chi connectivity index (χ0) is 21.4. The first-order valence-corrected chi connectivity index (χ1v) is 11.7. The van der Waals surface area contributed by atoms with Crippen molar-refractivity contribution in [3.05, 3.63) is 31.7 Å². The maximum atomic E-state index is 12.0. The quantitative estimate of drug-likeness (QED) is 0.349. The summed E-state index contributed by atoms with van der Waals surface area (Å²) in [5.74, 6) is 0.869. The summed E-state index contributed by atoms with van der Waals surface area (Å²) >= 11 is 3.07. The number of ether oxygens (including phenoxy) is 1. The number of hydrogen-bond donors (Lipinski definition) is 2. The second-order valence-electron chi connectivity index (χ2n) is 6.90. The fourth-order valence-corrected chi connectivity index (χ4v) is 4.39. The number of aliphatic imine (C=N–C) groups is 1. The number of aromatic nitrogens is 2. The molecule has 2 rings (SSSR count). The number of guanidine groups is 1. The van der Waals surface area contributed by atoms with Gasteiger partial charge in [0.15, 0.2) is 5.96 Å². The third-order valence-corrected chi connectivity index (χ3v) is 6.56. The Morgan fingerprint density at radius 1 is 1.24 bits per heavy atom. The highest BCUT2D eigenvalue weighted by molar-refractivity contribution is 7.13. The topological polar surface area (TPSA) is 88.5 Å². The van der Waals surface area contributed by atoms with Gasteiger partial charge in [-0.1, -0.05) is 13.8 Å². The van der Waals surface area contributed by atoms with Crippen molar-refractivity contribution >= 4 is 34.6 Å². The van der Waals surface area contributed by atoms with E-state index in [1.165, 1.54) is 16.3 Å². The predicted octanol–water partition coefficient (Wildman–Crippen LogP) is 4.07. The van der Waals surface area contributed by atoms with Gasteiger partial charge in [-0.2, -0.15) is 0 Å². The van der Waals surface area contributed by atoms with E-state index in [0.29, 0.717) is 29.6 Å². The lowest BCUT2D eigenvalue weighted by Gasteiger charge is -2.15. The molecule has 0 aliphatic carbocycles. The van der Waals surface area contributed by atoms with Crippen molar-refractivity contribution < 1.29 is 9.53 Å². The van der Waals surface area contributed by atoms with Crippen LogP contribution in [0.4, 0.5) is 0 Å². The van der Waals surface area contributed by atoms with Crippen LogP contribution in [0.3, 0.4) is 0 Å². The monoisotopic (exact) mass is 437 g/mol. The van der Waals surface area contributed by atoms with Crippen LogP contribution in [0, 0.1) is 6.92 Å². The average molecular weight is 438 g/mol. The third kappa shape index (κ3) is 6.78. The lowest BCUT2D eigenvalue weighted by Crippen LogP contribution is -2.38. The van der Waals surface area contributed by atoms with E-state index in [-0.39, 0.29) is 12.0 Å². The molecule has 29 heavy (non-hydrogen) atoms. The second-order valence-corrected chi connectivity index (χ2v) is 8.82. The number of nitrogens with one attached hydrogen (secondary N) is 2. The molecule has 0 aliphatic heterocycles. The van der Waals surface area contributed by atoms with Gasteiger partial charge in [-0.15, -0.1) is 22.7 Å². The Morgan fingerprint density at radius 3 is 2.62 bits per heavy atom. The Bertz CT molecular complexity index is 829. The van der Waals surface area contributed by atoms with Crippen LogP contribution in [0.5, 0.6) is 0 Å². The average Bonchev–Trinajstić information content (AvgIpc) is 3.29. The number of esters is 1. The summed E-state index contributed by atoms with van der Waals surface area (Å²) < 4.78 is 5.10. The minimum atomic E-state index is -0.314. The molecule has 0 bridgehead atoms. The van der Waals surface area contributed by atoms with E-state index in [2.05, 4.69) is 44.8 Å². The van der Waals surface area contributed by atoms with Gasteiger partial charge in [0.2, 0.25) is 0 Å². The normalized spacial score (nSPS) is 12.9. The van der Waals surface area contributed by atoms with Gasteiger partial charge in [0, 0.05) is 30.8 Å². The number of carbonyl (C=O) groups excluding carboxylic acids is 1. The Labute approximate surface area is 181 Å². The van der Waals surface area contributed by atoms with Crippen LogP contribution >= 0.6 is 22.7 Å². The van der Waals surface area contributed by atoms with E-state index < -0.39 is 0 Å². The van der Waals surface area contributed by atoms with Crippen molar-refractivity contribution in [3.8, 4) is 0 Å². The Kier molecular flexibility index (Phi) is 9.03. The molecule has 0 radical (unpaired) electrons. The van der Waals surface area contributed by atoms with Gasteiger partial charge in [0.25, 0.3) is 0 Å². The SMILES string of the molecule is CCNC(=NCCc1csc(C(C)C)n1)NC(C)c1nc(C)c(C(=O)OCC)s1. The van der Waals surface area contributed by atoms with Crippen molar-refractivity contribution in [3.63, 3.8) is 0 Å². The summed E-state index contributed by atoms with van der Waals surface area (Å²) in [7, 11) is 0. The van der Waals surface area contributed by atoms with E-state index in [1.807, 2.05) is 20.8 Å². The van der Waals surface area contributed by atoms with Crippen LogP contribution < -0.4 is 10.6 Å². The van der Waals surface area contributed by atoms with Crippen molar-refractivity contribution in [2.24, 2.45) is 4.99 Å². The molecule has 0 saturated carbocycles. The van der Waals surface area contributed by atoms with Crippen molar-refractivity contribution in [1.29, 1.82) is 0 Å². The summed E-state index contributed by atoms with van der Waals surface area (Å²) in [5.41, 5.74) is 1.78. The maximum absolute atomic E-state index is 12.0. The molecule has 160 valence electrons. The predicted molar refractivity (Wildman–Crippen MR) is 120 cm³/mol. The molecule has 1 unspecified atom stereocenters. The number of rotatable bonds is 9. The van der Waals surface area contributed by atoms with Gasteiger partial charge in [-0.25, -0.2) is 14.8 Å². The molecular formula is C20H31N5O2S2. The number of carbonyl (C=O) groups is 1. The van der Waals surface area contributed by atoms with E-state index >= 15 is 0 Å². The van der Waals surface area contributed by atoms with Gasteiger partial charge in [-0.05, 0) is 27.7 Å². The van der Waals surface area contributed by atoms with E-state index in [9.17, 15) is 4.79 Å². The zero-order valence-electron chi connectivity index (χ0n) is 18.0. The van der Waals surface area contributed by atoms with Crippen LogP contribution in [0.25, 0.3) is 0 Å². The molecule has 0 spiro atoms. The molecule has 0 saturated heterocycles. The standard InChI is InChI=1S/C20H31N5O2S2/c1-7-21-20(22-10-9-15-11-28-17(25-15)12(3)4)24-14(6)18-23-13(5)16(29-18)19(26)27-8-2/h11-12,14H,7-10H2,1-6H3,(H2,21,22,24). The van der Waals surface area contributed by atoms with Crippen molar-refractivity contribution in [1.82, 2.24) is 20.6 Å². The second kappa shape index (κ2) is 11.3. The van der Waals surface area contributed by atoms with E-state index in [4.69, 9.17) is 4.74 Å². The van der Waals surface area contributed by atoms with Crippen LogP contribution in [-0.2, 0) is 11.2 Å². The Balaban J connectivity index is 2.00. The molecule has 0 aromatic carbocycles. The summed E-state index contributed by atoms with van der Waals surface area (Å²) in [6.07, 6.45) is 0.803. The fourth-order valence-electron chi connectivity index (χ4n) is 2.56. The number of thiazole rings is 2. The van der Waals surface area contributed by atoms with Crippen LogP contribution in [-0.4, -0.2) is 41.6 Å². The third-order valence-electron chi connectivity index (χ3n) is 4.04. The lowest BCUT2D eigenvalue weighted by atomic mass is 10.2. The summed E-state index contributed by atoms with van der Waals surface area (Å²) in [6.45, 7) is 13.7. The molecule has 2 aromatic rings. The molecule has 2 aromatic heterocycles. The fraction of sp³-hybridized carbons (Fsp3) is 0.600. The lowest BCUT2D eigenvalue weighted by molar-refractivity contribution is 0.0531. The summed E-state index contributed by atoms with van der Waals surface area (Å²) in [6, 6.07) is -0.0773. The maximum Gasteiger partial charge on any atom is 0.350 e. The minimum Gasteiger partial charge on any atom is -0.462 e. The summed E-state index contributed by atoms with van der Waals surface area (Å²) in [5, 5.41) is 10.7. The molecule has 2 heterocycles. The van der Waals surface area contributed by atoms with E-state index in [0.717, 1.165) is 29.6 Å². The molecule has 2 N–H and O–H groups in total. The van der Waals surface area contributed by atoms with Crippen molar-refractivity contribution in [2.45, 2.75) is 59.9 Å². The molecule has 0 fully saturated rings. The molecule has 0 aliphatic rings. The van der Waals surface area contributed by atoms with Crippen LogP contribution in [0.15, 0.2) is 10.4 Å². The summed E-state index contributed by atoms with van der Waals surface area (Å²) in [4.78, 5) is 26.5. The first-order valence-electron chi connectivity index (χ1n) is 9.99. The first kappa shape index (κ1) is 23.3. The van der Waals surface area contributed by atoms with Crippen LogP contribution in [0.1, 0.15) is 77.7 Å². The van der Waals surface area contributed by atoms with Crippen LogP contribution in [0.2, 0.25) is 0 Å². The molecule has 7 nitrogen and oxygen atoms in total. The van der Waals surface area contributed by atoms with Gasteiger partial charge < -0.3 is 15.4 Å². The first-order chi connectivity index (χ1) is 13.8. The highest BCUT2D eigenvalue weighted by atomic mass is 32.1. The Morgan fingerprint density at radius 2 is 2.00 bits per heavy atom. The number of nitrogens with zero attached hydrogens (tertiary/aromatic N) is 3. The molecule has 1 atom stereocenters. The number of hydrogen-bond acceptors (Lipinski definition) is 7. The van der Waals surface area contributed by atoms with Gasteiger partial charge >= 0.3 is 5.97 Å². The van der Waals surface area contributed by atoms with Crippen molar-refractivity contribution in [2.75, 3.05) is 19.7 Å².